The molecule has 4 rings (SSSR count). The number of hydrogen-bond acceptors (Lipinski definition) is 3. The molecule has 136 valence electrons. The van der Waals surface area contributed by atoms with Crippen molar-refractivity contribution in [1.29, 1.82) is 0 Å². The van der Waals surface area contributed by atoms with Gasteiger partial charge >= 0.3 is 0 Å². The minimum atomic E-state index is -0.522. The minimum absolute atomic E-state index is 0.0130. The molecule has 0 aromatic heterocycles. The SMILES string of the molecule is O=C(Nc1ccccc1)[C@@H]1C[C@H](S)CN1C(=O)c1ccc2ccccc2c1. The van der Waals surface area contributed by atoms with E-state index in [9.17, 15) is 9.59 Å². The van der Waals surface area contributed by atoms with Crippen molar-refractivity contribution in [3.8, 4) is 0 Å². The zero-order valence-electron chi connectivity index (χ0n) is 14.7. The number of nitrogens with zero attached hydrogens (tertiary/aromatic N) is 1. The molecule has 1 aliphatic heterocycles. The van der Waals surface area contributed by atoms with Gasteiger partial charge in [0.05, 0.1) is 0 Å². The third kappa shape index (κ3) is 3.69. The maximum atomic E-state index is 13.1. The lowest BCUT2D eigenvalue weighted by atomic mass is 10.1. The Morgan fingerprint density at radius 2 is 1.63 bits per heavy atom. The van der Waals surface area contributed by atoms with E-state index in [0.717, 1.165) is 16.5 Å². The molecule has 0 spiro atoms. The summed E-state index contributed by atoms with van der Waals surface area (Å²) in [6, 6.07) is 22.3. The lowest BCUT2D eigenvalue weighted by Gasteiger charge is -2.24. The van der Waals surface area contributed by atoms with Gasteiger partial charge in [-0.25, -0.2) is 0 Å². The van der Waals surface area contributed by atoms with Gasteiger partial charge in [0.1, 0.15) is 6.04 Å². The van der Waals surface area contributed by atoms with Crippen molar-refractivity contribution in [2.45, 2.75) is 17.7 Å². The number of carbonyl (C=O) groups excluding carboxylic acids is 2. The standard InChI is InChI=1S/C22H20N2O2S/c25-21(23-18-8-2-1-3-9-18)20-13-19(27)14-24(20)22(26)17-11-10-15-6-4-5-7-16(15)12-17/h1-12,19-20,27H,13-14H2,(H,23,25)/t19-,20-/m0/s1. The third-order valence-electron chi connectivity index (χ3n) is 4.88. The molecule has 3 aromatic rings. The first-order valence-electron chi connectivity index (χ1n) is 8.95. The Morgan fingerprint density at radius 1 is 0.926 bits per heavy atom. The van der Waals surface area contributed by atoms with Crippen LogP contribution in [0.3, 0.4) is 0 Å². The summed E-state index contributed by atoms with van der Waals surface area (Å²) in [5.74, 6) is -0.308. The number of fused-ring (bicyclic) bond motifs is 1. The average Bonchev–Trinajstić information content (AvgIpc) is 3.09. The number of amides is 2. The average molecular weight is 376 g/mol. The number of likely N-dealkylation sites (tertiary alicyclic amines) is 1. The maximum absolute atomic E-state index is 13.1. The first-order chi connectivity index (χ1) is 13.1. The van der Waals surface area contributed by atoms with Gasteiger partial charge in [0.2, 0.25) is 5.91 Å². The second-order valence-corrected chi connectivity index (χ2v) is 7.51. The van der Waals surface area contributed by atoms with Gasteiger partial charge in [-0.1, -0.05) is 48.5 Å². The maximum Gasteiger partial charge on any atom is 0.254 e. The van der Waals surface area contributed by atoms with Crippen molar-refractivity contribution in [3.05, 3.63) is 78.4 Å². The topological polar surface area (TPSA) is 49.4 Å². The summed E-state index contributed by atoms with van der Waals surface area (Å²) in [6.07, 6.45) is 0.543. The quantitative estimate of drug-likeness (QED) is 0.679. The number of para-hydroxylation sites is 1. The van der Waals surface area contributed by atoms with Gasteiger partial charge < -0.3 is 10.2 Å². The number of benzene rings is 3. The molecule has 1 aliphatic rings. The van der Waals surface area contributed by atoms with Crippen LogP contribution in [-0.4, -0.2) is 34.6 Å². The van der Waals surface area contributed by atoms with Crippen LogP contribution in [0.25, 0.3) is 10.8 Å². The van der Waals surface area contributed by atoms with E-state index in [1.807, 2.05) is 72.8 Å². The normalized spacial score (nSPS) is 19.2. The van der Waals surface area contributed by atoms with Crippen LogP contribution >= 0.6 is 12.6 Å². The molecular weight excluding hydrogens is 356 g/mol. The Hall–Kier alpha value is -2.79. The molecule has 0 aliphatic carbocycles. The van der Waals surface area contributed by atoms with Gasteiger partial charge in [0.15, 0.2) is 0 Å². The molecule has 0 saturated carbocycles. The molecule has 2 atom stereocenters. The Labute approximate surface area is 163 Å². The number of rotatable bonds is 3. The van der Waals surface area contributed by atoms with Crippen LogP contribution in [0.2, 0.25) is 0 Å². The van der Waals surface area contributed by atoms with Crippen LogP contribution in [0.5, 0.6) is 0 Å². The molecule has 0 unspecified atom stereocenters. The van der Waals surface area contributed by atoms with Crippen LogP contribution in [0.15, 0.2) is 72.8 Å². The predicted molar refractivity (Wildman–Crippen MR) is 111 cm³/mol. The number of anilines is 1. The smallest absolute Gasteiger partial charge is 0.254 e. The van der Waals surface area contributed by atoms with Crippen LogP contribution in [0.4, 0.5) is 5.69 Å². The number of thiol groups is 1. The highest BCUT2D eigenvalue weighted by Crippen LogP contribution is 2.26. The molecule has 0 bridgehead atoms. The van der Waals surface area contributed by atoms with Gasteiger partial charge in [0.25, 0.3) is 5.91 Å². The number of nitrogens with one attached hydrogen (secondary N) is 1. The molecule has 5 heteroatoms. The lowest BCUT2D eigenvalue weighted by Crippen LogP contribution is -2.43. The molecule has 2 amide bonds. The largest absolute Gasteiger partial charge is 0.325 e. The monoisotopic (exact) mass is 376 g/mol. The van der Waals surface area contributed by atoms with Crippen LogP contribution < -0.4 is 5.32 Å². The molecular formula is C22H20N2O2S. The summed E-state index contributed by atoms with van der Waals surface area (Å²) in [4.78, 5) is 27.5. The van der Waals surface area contributed by atoms with E-state index in [0.29, 0.717) is 18.5 Å². The van der Waals surface area contributed by atoms with E-state index in [1.54, 1.807) is 4.90 Å². The van der Waals surface area contributed by atoms with E-state index in [-0.39, 0.29) is 17.1 Å². The van der Waals surface area contributed by atoms with E-state index in [1.165, 1.54) is 0 Å². The van der Waals surface area contributed by atoms with Crippen molar-refractivity contribution in [3.63, 3.8) is 0 Å². The highest BCUT2D eigenvalue weighted by Gasteiger charge is 2.38. The molecule has 0 radical (unpaired) electrons. The zero-order chi connectivity index (χ0) is 18.8. The van der Waals surface area contributed by atoms with Crippen molar-refractivity contribution in [2.24, 2.45) is 0 Å². The Bertz CT molecular complexity index is 990. The summed E-state index contributed by atoms with van der Waals surface area (Å²) in [7, 11) is 0. The zero-order valence-corrected chi connectivity index (χ0v) is 15.6. The Morgan fingerprint density at radius 3 is 2.41 bits per heavy atom. The van der Waals surface area contributed by atoms with Gasteiger partial charge in [-0.05, 0) is 41.5 Å². The highest BCUT2D eigenvalue weighted by atomic mass is 32.1. The molecule has 1 saturated heterocycles. The molecule has 1 N–H and O–H groups in total. The van der Waals surface area contributed by atoms with E-state index >= 15 is 0 Å². The Kier molecular flexibility index (Phi) is 4.86. The summed E-state index contributed by atoms with van der Waals surface area (Å²) in [5, 5.41) is 4.98. The first-order valence-corrected chi connectivity index (χ1v) is 9.47. The summed E-state index contributed by atoms with van der Waals surface area (Å²) in [5.41, 5.74) is 1.32. The van der Waals surface area contributed by atoms with Gasteiger partial charge in [-0.2, -0.15) is 12.6 Å². The van der Waals surface area contributed by atoms with Crippen molar-refractivity contribution in [2.75, 3.05) is 11.9 Å². The minimum Gasteiger partial charge on any atom is -0.325 e. The van der Waals surface area contributed by atoms with Crippen LogP contribution in [0.1, 0.15) is 16.8 Å². The van der Waals surface area contributed by atoms with E-state index in [4.69, 9.17) is 0 Å². The molecule has 3 aromatic carbocycles. The number of hydrogen-bond donors (Lipinski definition) is 2. The van der Waals surface area contributed by atoms with Crippen LogP contribution in [-0.2, 0) is 4.79 Å². The Balaban J connectivity index is 1.57. The number of carbonyl (C=O) groups is 2. The second-order valence-electron chi connectivity index (χ2n) is 6.78. The van der Waals surface area contributed by atoms with Crippen LogP contribution in [0, 0.1) is 0 Å². The first kappa shape index (κ1) is 17.6. The van der Waals surface area contributed by atoms with Gasteiger partial charge in [0, 0.05) is 23.0 Å². The molecule has 1 heterocycles. The summed E-state index contributed by atoms with van der Waals surface area (Å²) >= 11 is 4.52. The third-order valence-corrected chi connectivity index (χ3v) is 5.25. The van der Waals surface area contributed by atoms with Crippen molar-refractivity contribution in [1.82, 2.24) is 4.90 Å². The van der Waals surface area contributed by atoms with E-state index < -0.39 is 6.04 Å². The van der Waals surface area contributed by atoms with Crippen molar-refractivity contribution >= 4 is 40.9 Å². The molecule has 27 heavy (non-hydrogen) atoms. The summed E-state index contributed by atoms with van der Waals surface area (Å²) < 4.78 is 0. The van der Waals surface area contributed by atoms with Gasteiger partial charge in [-0.3, -0.25) is 9.59 Å². The van der Waals surface area contributed by atoms with E-state index in [2.05, 4.69) is 17.9 Å². The molecule has 4 nitrogen and oxygen atoms in total. The highest BCUT2D eigenvalue weighted by molar-refractivity contribution is 7.81. The molecule has 1 fully saturated rings. The fourth-order valence-corrected chi connectivity index (χ4v) is 3.90. The fraction of sp³-hybridized carbons (Fsp3) is 0.182. The summed E-state index contributed by atoms with van der Waals surface area (Å²) in [6.45, 7) is 0.460. The van der Waals surface area contributed by atoms with Gasteiger partial charge in [-0.15, -0.1) is 0 Å². The van der Waals surface area contributed by atoms with Crippen molar-refractivity contribution < 1.29 is 9.59 Å². The predicted octanol–water partition coefficient (Wildman–Crippen LogP) is 3.99. The fourth-order valence-electron chi connectivity index (χ4n) is 3.52. The second kappa shape index (κ2) is 7.45. The lowest BCUT2D eigenvalue weighted by molar-refractivity contribution is -0.119.